The van der Waals surface area contributed by atoms with E-state index in [9.17, 15) is 27.9 Å². The summed E-state index contributed by atoms with van der Waals surface area (Å²) in [6.07, 6.45) is 1.02. The molecule has 1 heterocycles. The Morgan fingerprint density at radius 1 is 1.06 bits per heavy atom. The van der Waals surface area contributed by atoms with Crippen LogP contribution in [0.4, 0.5) is 13.2 Å². The van der Waals surface area contributed by atoms with Gasteiger partial charge in [-0.25, -0.2) is 18.0 Å². The minimum absolute atomic E-state index is 0.0849. The average molecular weight is 524 g/mol. The Morgan fingerprint density at radius 3 is 2.34 bits per heavy atom. The third kappa shape index (κ3) is 5.09. The van der Waals surface area contributed by atoms with Gasteiger partial charge in [-0.05, 0) is 48.2 Å². The van der Waals surface area contributed by atoms with Gasteiger partial charge in [-0.1, -0.05) is 41.4 Å². The number of rotatable bonds is 6. The van der Waals surface area contributed by atoms with Gasteiger partial charge in [0.2, 0.25) is 0 Å². The fourth-order valence-corrected chi connectivity index (χ4v) is 4.75. The molecule has 2 N–H and O–H groups in total. The minimum atomic E-state index is -1.48. The summed E-state index contributed by atoms with van der Waals surface area (Å²) in [7, 11) is 0. The molecule has 0 spiro atoms. The molecular formula is C25H18Cl2F3NO4. The van der Waals surface area contributed by atoms with Crippen molar-refractivity contribution in [2.75, 3.05) is 6.61 Å². The van der Waals surface area contributed by atoms with Gasteiger partial charge < -0.3 is 15.2 Å². The Labute approximate surface area is 208 Å². The van der Waals surface area contributed by atoms with Crippen molar-refractivity contribution in [3.63, 3.8) is 0 Å². The van der Waals surface area contributed by atoms with Crippen LogP contribution in [0.2, 0.25) is 10.0 Å². The Balaban J connectivity index is 1.69. The molecule has 0 aliphatic carbocycles. The van der Waals surface area contributed by atoms with E-state index in [2.05, 4.69) is 5.32 Å². The van der Waals surface area contributed by atoms with Crippen LogP contribution in [0.3, 0.4) is 0 Å². The maximum absolute atomic E-state index is 14.0. The molecule has 3 aromatic rings. The minimum Gasteiger partial charge on any atom is -0.493 e. The van der Waals surface area contributed by atoms with E-state index >= 15 is 0 Å². The molecule has 182 valence electrons. The maximum Gasteiger partial charge on any atom is 0.326 e. The second-order valence-corrected chi connectivity index (χ2v) is 8.76. The molecule has 5 nitrogen and oxygen atoms in total. The molecule has 1 amide bonds. The molecule has 0 fully saturated rings. The van der Waals surface area contributed by atoms with Crippen LogP contribution in [0.15, 0.2) is 42.5 Å². The molecular weight excluding hydrogens is 506 g/mol. The van der Waals surface area contributed by atoms with E-state index in [0.29, 0.717) is 47.5 Å². The Bertz CT molecular complexity index is 1290. The molecule has 0 unspecified atom stereocenters. The predicted molar refractivity (Wildman–Crippen MR) is 125 cm³/mol. The summed E-state index contributed by atoms with van der Waals surface area (Å²) in [5.41, 5.74) is 1.27. The number of ether oxygens (including phenoxy) is 1. The lowest BCUT2D eigenvalue weighted by atomic mass is 9.90. The number of aliphatic carboxylic acids is 1. The van der Waals surface area contributed by atoms with Crippen molar-refractivity contribution < 1.29 is 32.6 Å². The van der Waals surface area contributed by atoms with Gasteiger partial charge in [0.05, 0.1) is 16.7 Å². The molecule has 4 rings (SSSR count). The van der Waals surface area contributed by atoms with Crippen LogP contribution < -0.4 is 10.1 Å². The zero-order valence-corrected chi connectivity index (χ0v) is 19.5. The lowest BCUT2D eigenvalue weighted by Crippen LogP contribution is -2.43. The number of carboxylic acid groups (broad SMARTS) is 1. The molecule has 10 heteroatoms. The number of benzene rings is 3. The largest absolute Gasteiger partial charge is 0.493 e. The second-order valence-electron chi connectivity index (χ2n) is 7.94. The van der Waals surface area contributed by atoms with Gasteiger partial charge in [0.15, 0.2) is 0 Å². The number of hydrogen-bond donors (Lipinski definition) is 2. The van der Waals surface area contributed by atoms with Crippen molar-refractivity contribution in [1.29, 1.82) is 0 Å². The van der Waals surface area contributed by atoms with Crippen LogP contribution in [-0.2, 0) is 17.6 Å². The number of carbonyl (C=O) groups is 2. The smallest absolute Gasteiger partial charge is 0.326 e. The first-order valence-corrected chi connectivity index (χ1v) is 11.3. The highest BCUT2D eigenvalue weighted by atomic mass is 35.5. The highest BCUT2D eigenvalue weighted by molar-refractivity contribution is 6.39. The molecule has 3 aromatic carbocycles. The standard InChI is InChI=1S/C25H18Cl2F3NO4/c26-16-10-13(28)11-17(27)21(16)15-7-6-12(14-3-2-8-35-23(14)15)9-20(25(33)34)31-24(32)22-18(29)4-1-5-19(22)30/h1,4-7,10-11,20H,2-3,8-9H2,(H,31,32)(H,33,34)/t20-/m0/s1. The van der Waals surface area contributed by atoms with Crippen LogP contribution in [0.25, 0.3) is 11.1 Å². The summed E-state index contributed by atoms with van der Waals surface area (Å²) in [5, 5.41) is 12.1. The molecule has 0 saturated heterocycles. The van der Waals surface area contributed by atoms with Gasteiger partial charge >= 0.3 is 5.97 Å². The van der Waals surface area contributed by atoms with E-state index in [0.717, 1.165) is 30.3 Å². The Hall–Kier alpha value is -3.23. The molecule has 1 aliphatic heterocycles. The van der Waals surface area contributed by atoms with Crippen molar-refractivity contribution >= 4 is 35.1 Å². The average Bonchev–Trinajstić information content (AvgIpc) is 2.79. The third-order valence-electron chi connectivity index (χ3n) is 5.67. The first kappa shape index (κ1) is 24.9. The fraction of sp³-hybridized carbons (Fsp3) is 0.200. The van der Waals surface area contributed by atoms with Crippen LogP contribution in [0, 0.1) is 17.5 Å². The van der Waals surface area contributed by atoms with Crippen LogP contribution in [0.1, 0.15) is 27.9 Å². The van der Waals surface area contributed by atoms with Crippen LogP contribution in [-0.4, -0.2) is 29.6 Å². The topological polar surface area (TPSA) is 75.6 Å². The van der Waals surface area contributed by atoms with Crippen LogP contribution >= 0.6 is 23.2 Å². The SMILES string of the molecule is O=C(N[C@@H](Cc1ccc(-c2c(Cl)cc(F)cc2Cl)c2c1CCCO2)C(=O)O)c1c(F)cccc1F. The van der Waals surface area contributed by atoms with E-state index in [4.69, 9.17) is 27.9 Å². The Morgan fingerprint density at radius 2 is 1.71 bits per heavy atom. The van der Waals surface area contributed by atoms with Gasteiger partial charge in [0.25, 0.3) is 5.91 Å². The molecule has 1 atom stereocenters. The van der Waals surface area contributed by atoms with Gasteiger partial charge in [-0.3, -0.25) is 4.79 Å². The predicted octanol–water partition coefficient (Wildman–Crippen LogP) is 5.83. The molecule has 0 aromatic heterocycles. The summed E-state index contributed by atoms with van der Waals surface area (Å²) >= 11 is 12.5. The van der Waals surface area contributed by atoms with E-state index < -0.39 is 40.9 Å². The van der Waals surface area contributed by atoms with Crippen molar-refractivity contribution in [3.8, 4) is 16.9 Å². The molecule has 0 radical (unpaired) electrons. The molecule has 35 heavy (non-hydrogen) atoms. The summed E-state index contributed by atoms with van der Waals surface area (Å²) in [6.45, 7) is 0.394. The summed E-state index contributed by atoms with van der Waals surface area (Å²) in [4.78, 5) is 24.4. The number of carboxylic acids is 1. The first-order chi connectivity index (χ1) is 16.7. The number of nitrogens with one attached hydrogen (secondary N) is 1. The molecule has 1 aliphatic rings. The van der Waals surface area contributed by atoms with Gasteiger partial charge in [0.1, 0.15) is 34.8 Å². The number of hydrogen-bond acceptors (Lipinski definition) is 3. The van der Waals surface area contributed by atoms with E-state index in [-0.39, 0.29) is 16.5 Å². The van der Waals surface area contributed by atoms with Gasteiger partial charge in [-0.2, -0.15) is 0 Å². The lowest BCUT2D eigenvalue weighted by molar-refractivity contribution is -0.139. The quantitative estimate of drug-likeness (QED) is 0.426. The fourth-order valence-electron chi connectivity index (χ4n) is 4.08. The summed E-state index contributed by atoms with van der Waals surface area (Å²) < 4.78 is 47.5. The zero-order chi connectivity index (χ0) is 25.3. The highest BCUT2D eigenvalue weighted by Gasteiger charge is 2.28. The van der Waals surface area contributed by atoms with Crippen molar-refractivity contribution in [2.45, 2.75) is 25.3 Å². The number of fused-ring (bicyclic) bond motifs is 1. The molecule has 0 bridgehead atoms. The van der Waals surface area contributed by atoms with Crippen molar-refractivity contribution in [3.05, 3.63) is 86.7 Å². The van der Waals surface area contributed by atoms with Crippen LogP contribution in [0.5, 0.6) is 5.75 Å². The number of amides is 1. The molecule has 0 saturated carbocycles. The monoisotopic (exact) mass is 523 g/mol. The normalized spacial score (nSPS) is 13.5. The summed E-state index contributed by atoms with van der Waals surface area (Å²) in [5.74, 6) is -4.93. The number of halogens is 5. The second kappa shape index (κ2) is 10.2. The van der Waals surface area contributed by atoms with Gasteiger partial charge in [-0.15, -0.1) is 0 Å². The highest BCUT2D eigenvalue weighted by Crippen LogP contribution is 2.44. The third-order valence-corrected chi connectivity index (χ3v) is 6.26. The van der Waals surface area contributed by atoms with Crippen molar-refractivity contribution in [1.82, 2.24) is 5.32 Å². The van der Waals surface area contributed by atoms with E-state index in [1.165, 1.54) is 0 Å². The van der Waals surface area contributed by atoms with E-state index in [1.807, 2.05) is 0 Å². The lowest BCUT2D eigenvalue weighted by Gasteiger charge is -2.25. The summed E-state index contributed by atoms with van der Waals surface area (Å²) in [6, 6.07) is 6.97. The Kier molecular flexibility index (Phi) is 7.23. The van der Waals surface area contributed by atoms with E-state index in [1.54, 1.807) is 12.1 Å². The van der Waals surface area contributed by atoms with Gasteiger partial charge in [0, 0.05) is 17.5 Å². The first-order valence-electron chi connectivity index (χ1n) is 10.6. The maximum atomic E-state index is 14.0. The van der Waals surface area contributed by atoms with Crippen molar-refractivity contribution in [2.24, 2.45) is 0 Å². The number of carbonyl (C=O) groups excluding carboxylic acids is 1. The zero-order valence-electron chi connectivity index (χ0n) is 18.0.